The molecular weight excluding hydrogens is 464 g/mol. The van der Waals surface area contributed by atoms with E-state index in [0.717, 1.165) is 0 Å². The fourth-order valence-corrected chi connectivity index (χ4v) is 3.51. The van der Waals surface area contributed by atoms with Gasteiger partial charge in [-0.2, -0.15) is 0 Å². The summed E-state index contributed by atoms with van der Waals surface area (Å²) in [6.07, 6.45) is -0.708. The van der Waals surface area contributed by atoms with Crippen LogP contribution >= 0.6 is 0 Å². The van der Waals surface area contributed by atoms with Crippen LogP contribution in [0, 0.1) is 5.92 Å². The molecule has 3 rings (SSSR count). The van der Waals surface area contributed by atoms with E-state index in [-0.39, 0.29) is 35.1 Å². The Kier molecular flexibility index (Phi) is 7.77. The van der Waals surface area contributed by atoms with E-state index in [1.54, 1.807) is 45.0 Å². The van der Waals surface area contributed by atoms with E-state index in [0.29, 0.717) is 17.9 Å². The Morgan fingerprint density at radius 1 is 0.917 bits per heavy atom. The molecule has 36 heavy (non-hydrogen) atoms. The van der Waals surface area contributed by atoms with E-state index in [1.165, 1.54) is 23.1 Å². The number of hydrogen-bond acceptors (Lipinski definition) is 6. The van der Waals surface area contributed by atoms with Gasteiger partial charge >= 0.3 is 6.09 Å². The summed E-state index contributed by atoms with van der Waals surface area (Å²) in [6.45, 7) is 8.99. The molecule has 3 N–H and O–H groups in total. The van der Waals surface area contributed by atoms with Gasteiger partial charge in [-0.25, -0.2) is 4.79 Å². The summed E-state index contributed by atoms with van der Waals surface area (Å²) in [7, 11) is 0. The Labute approximate surface area is 209 Å². The smallest absolute Gasteiger partial charge is 0.408 e. The minimum Gasteiger partial charge on any atom is -0.444 e. The van der Waals surface area contributed by atoms with E-state index in [9.17, 15) is 24.0 Å². The van der Waals surface area contributed by atoms with Crippen molar-refractivity contribution in [2.75, 3.05) is 23.7 Å². The summed E-state index contributed by atoms with van der Waals surface area (Å²) in [5.74, 6) is -1.60. The average Bonchev–Trinajstić information content (AvgIpc) is 3.01. The first-order chi connectivity index (χ1) is 16.8. The van der Waals surface area contributed by atoms with Crippen LogP contribution in [0.4, 0.5) is 16.2 Å². The van der Waals surface area contributed by atoms with Gasteiger partial charge in [-0.05, 0) is 63.1 Å². The zero-order valence-corrected chi connectivity index (χ0v) is 20.9. The minimum absolute atomic E-state index is 0.121. The molecule has 0 bridgehead atoms. The number of fused-ring (bicyclic) bond motifs is 1. The van der Waals surface area contributed by atoms with Crippen molar-refractivity contribution in [1.82, 2.24) is 10.2 Å². The lowest BCUT2D eigenvalue weighted by molar-refractivity contribution is -0.115. The molecule has 0 spiro atoms. The van der Waals surface area contributed by atoms with Crippen LogP contribution in [-0.4, -0.2) is 53.3 Å². The molecule has 1 heterocycles. The predicted octanol–water partition coefficient (Wildman–Crippen LogP) is 3.65. The van der Waals surface area contributed by atoms with Gasteiger partial charge in [-0.1, -0.05) is 19.9 Å². The molecule has 5 amide bonds. The Hall–Kier alpha value is -4.21. The van der Waals surface area contributed by atoms with Crippen LogP contribution in [0.2, 0.25) is 0 Å². The lowest BCUT2D eigenvalue weighted by atomic mass is 10.1. The molecule has 0 saturated carbocycles. The van der Waals surface area contributed by atoms with E-state index in [4.69, 9.17) is 4.74 Å². The quantitative estimate of drug-likeness (QED) is 0.503. The molecule has 0 unspecified atom stereocenters. The maximum atomic E-state index is 12.8. The van der Waals surface area contributed by atoms with Crippen LogP contribution < -0.4 is 16.0 Å². The molecule has 10 heteroatoms. The zero-order valence-electron chi connectivity index (χ0n) is 20.9. The van der Waals surface area contributed by atoms with Gasteiger partial charge in [-0.3, -0.25) is 24.1 Å². The fraction of sp³-hybridized carbons (Fsp3) is 0.346. The number of nitrogens with one attached hydrogen (secondary N) is 3. The zero-order chi connectivity index (χ0) is 26.6. The topological polar surface area (TPSA) is 134 Å². The average molecular weight is 495 g/mol. The molecular formula is C26H30N4O6. The lowest BCUT2D eigenvalue weighted by Gasteiger charge is -2.19. The number of rotatable bonds is 7. The van der Waals surface area contributed by atoms with Gasteiger partial charge in [0.2, 0.25) is 5.91 Å². The molecule has 1 aliphatic rings. The number of carbonyl (C=O) groups excluding carboxylic acids is 5. The molecule has 190 valence electrons. The number of imide groups is 1. The van der Waals surface area contributed by atoms with E-state index in [1.807, 2.05) is 13.8 Å². The van der Waals surface area contributed by atoms with Crippen molar-refractivity contribution in [2.45, 2.75) is 40.2 Å². The van der Waals surface area contributed by atoms with Crippen LogP contribution in [0.25, 0.3) is 0 Å². The summed E-state index contributed by atoms with van der Waals surface area (Å²) in [5.41, 5.74) is 0.832. The molecule has 0 aliphatic carbocycles. The third-order valence-corrected chi connectivity index (χ3v) is 4.98. The van der Waals surface area contributed by atoms with Crippen molar-refractivity contribution in [3.63, 3.8) is 0 Å². The number of amides is 5. The molecule has 2 aromatic carbocycles. The molecule has 0 fully saturated rings. The maximum absolute atomic E-state index is 12.8. The normalized spacial score (nSPS) is 12.9. The van der Waals surface area contributed by atoms with Gasteiger partial charge in [0.1, 0.15) is 12.1 Å². The first-order valence-corrected chi connectivity index (χ1v) is 11.5. The second-order valence-corrected chi connectivity index (χ2v) is 9.81. The van der Waals surface area contributed by atoms with Crippen molar-refractivity contribution >= 4 is 41.1 Å². The number of nitrogens with zero attached hydrogens (tertiary/aromatic N) is 1. The summed E-state index contributed by atoms with van der Waals surface area (Å²) >= 11 is 0. The van der Waals surface area contributed by atoms with Gasteiger partial charge in [0, 0.05) is 23.5 Å². The third-order valence-electron chi connectivity index (χ3n) is 4.98. The highest BCUT2D eigenvalue weighted by molar-refractivity contribution is 6.22. The van der Waals surface area contributed by atoms with E-state index < -0.39 is 29.4 Å². The number of anilines is 2. The van der Waals surface area contributed by atoms with Gasteiger partial charge in [0.25, 0.3) is 17.7 Å². The van der Waals surface area contributed by atoms with Crippen LogP contribution in [0.5, 0.6) is 0 Å². The first kappa shape index (κ1) is 26.4. The van der Waals surface area contributed by atoms with Crippen molar-refractivity contribution in [1.29, 1.82) is 0 Å². The molecule has 1 aliphatic heterocycles. The van der Waals surface area contributed by atoms with Gasteiger partial charge in [0.05, 0.1) is 11.1 Å². The van der Waals surface area contributed by atoms with Crippen molar-refractivity contribution in [2.24, 2.45) is 5.92 Å². The molecule has 0 saturated heterocycles. The van der Waals surface area contributed by atoms with Crippen LogP contribution in [-0.2, 0) is 9.53 Å². The van der Waals surface area contributed by atoms with Crippen LogP contribution in [0.15, 0.2) is 42.5 Å². The number of carbonyl (C=O) groups is 5. The van der Waals surface area contributed by atoms with Crippen molar-refractivity contribution in [3.05, 3.63) is 59.2 Å². The minimum atomic E-state index is -0.708. The Morgan fingerprint density at radius 3 is 2.19 bits per heavy atom. The molecule has 10 nitrogen and oxygen atoms in total. The van der Waals surface area contributed by atoms with Crippen LogP contribution in [0.3, 0.4) is 0 Å². The highest BCUT2D eigenvalue weighted by atomic mass is 16.6. The van der Waals surface area contributed by atoms with Crippen molar-refractivity contribution < 1.29 is 28.7 Å². The van der Waals surface area contributed by atoms with E-state index >= 15 is 0 Å². The fourth-order valence-electron chi connectivity index (χ4n) is 3.51. The third kappa shape index (κ3) is 6.68. The van der Waals surface area contributed by atoms with Gasteiger partial charge in [-0.15, -0.1) is 0 Å². The lowest BCUT2D eigenvalue weighted by Crippen LogP contribution is -2.37. The number of ether oxygens (including phenoxy) is 1. The molecule has 2 aromatic rings. The summed E-state index contributed by atoms with van der Waals surface area (Å²) in [5, 5.41) is 7.72. The molecule has 0 radical (unpaired) electrons. The molecule has 0 atom stereocenters. The molecule has 0 aromatic heterocycles. The highest BCUT2D eigenvalue weighted by Crippen LogP contribution is 2.25. The first-order valence-electron chi connectivity index (χ1n) is 11.5. The largest absolute Gasteiger partial charge is 0.444 e. The van der Waals surface area contributed by atoms with Gasteiger partial charge < -0.3 is 20.7 Å². The number of alkyl carbamates (subject to hydrolysis) is 1. The second kappa shape index (κ2) is 10.6. The van der Waals surface area contributed by atoms with Crippen LogP contribution in [0.1, 0.15) is 65.7 Å². The Morgan fingerprint density at radius 2 is 1.56 bits per heavy atom. The monoisotopic (exact) mass is 494 g/mol. The Bertz CT molecular complexity index is 1220. The summed E-state index contributed by atoms with van der Waals surface area (Å²) < 4.78 is 5.09. The number of hydrogen-bond donors (Lipinski definition) is 3. The standard InChI is InChI=1S/C26H30N4O6/c1-15(2)14-30-23(33)19-10-9-16(11-20(19)24(30)34)22(32)29-18-8-6-7-17(12-18)28-21(31)13-27-25(35)36-26(3,4)5/h6-12,15H,13-14H2,1-5H3,(H,27,35)(H,28,31)(H,29,32). The predicted molar refractivity (Wildman–Crippen MR) is 134 cm³/mol. The van der Waals surface area contributed by atoms with Gasteiger partial charge in [0.15, 0.2) is 0 Å². The summed E-state index contributed by atoms with van der Waals surface area (Å²) in [4.78, 5) is 63.1. The number of benzene rings is 2. The maximum Gasteiger partial charge on any atom is 0.408 e. The Balaban J connectivity index is 1.62. The van der Waals surface area contributed by atoms with Crippen molar-refractivity contribution in [3.8, 4) is 0 Å². The SMILES string of the molecule is CC(C)CN1C(=O)c2ccc(C(=O)Nc3cccc(NC(=O)CNC(=O)OC(C)(C)C)c3)cc2C1=O. The summed E-state index contributed by atoms with van der Waals surface area (Å²) in [6, 6.07) is 10.9. The second-order valence-electron chi connectivity index (χ2n) is 9.81. The van der Waals surface area contributed by atoms with E-state index in [2.05, 4.69) is 16.0 Å². The highest BCUT2D eigenvalue weighted by Gasteiger charge is 2.36.